The number of carbonyl (C=O) groups excluding carboxylic acids is 1. The largest absolute Gasteiger partial charge is 0.390 e. The van der Waals surface area contributed by atoms with Crippen molar-refractivity contribution in [1.29, 1.82) is 0 Å². The van der Waals surface area contributed by atoms with Crippen molar-refractivity contribution in [2.75, 3.05) is 13.7 Å². The Kier molecular flexibility index (Phi) is 5.26. The van der Waals surface area contributed by atoms with Gasteiger partial charge in [0, 0.05) is 31.2 Å². The molecule has 1 aliphatic heterocycles. The third kappa shape index (κ3) is 3.50. The number of hydrogen-bond donors (Lipinski definition) is 1. The lowest BCUT2D eigenvalue weighted by Gasteiger charge is -2.43. The van der Waals surface area contributed by atoms with Crippen LogP contribution in [0.1, 0.15) is 61.4 Å². The summed E-state index contributed by atoms with van der Waals surface area (Å²) in [5.74, 6) is 0.299. The first-order chi connectivity index (χ1) is 11.5. The number of carbonyl (C=O) groups is 1. The fraction of sp³-hybridized carbons (Fsp3) is 0.650. The maximum atomic E-state index is 13.0. The fourth-order valence-corrected chi connectivity index (χ4v) is 4.49. The Labute approximate surface area is 144 Å². The summed E-state index contributed by atoms with van der Waals surface area (Å²) in [6, 6.07) is 7.87. The molecule has 1 N–H and O–H groups in total. The minimum absolute atomic E-state index is 0.0999. The number of hydrogen-bond acceptors (Lipinski definition) is 3. The third-order valence-electron chi connectivity index (χ3n) is 5.78. The number of aliphatic hydroxyl groups is 1. The van der Waals surface area contributed by atoms with Crippen molar-refractivity contribution in [2.24, 2.45) is 5.92 Å². The number of likely N-dealkylation sites (tertiary alicyclic amines) is 1. The van der Waals surface area contributed by atoms with Crippen LogP contribution >= 0.6 is 0 Å². The molecule has 0 bridgehead atoms. The summed E-state index contributed by atoms with van der Waals surface area (Å²) in [5.41, 5.74) is 1.16. The van der Waals surface area contributed by atoms with Crippen molar-refractivity contribution < 1.29 is 14.6 Å². The molecule has 24 heavy (non-hydrogen) atoms. The van der Waals surface area contributed by atoms with Crippen molar-refractivity contribution in [3.05, 3.63) is 35.4 Å². The molecule has 1 saturated carbocycles. The first-order valence-corrected chi connectivity index (χ1v) is 9.14. The lowest BCUT2D eigenvalue weighted by Crippen LogP contribution is -2.50. The average Bonchev–Trinajstić information content (AvgIpc) is 3.04. The van der Waals surface area contributed by atoms with Gasteiger partial charge >= 0.3 is 0 Å². The van der Waals surface area contributed by atoms with Gasteiger partial charge in [-0.15, -0.1) is 0 Å². The molecule has 1 aliphatic carbocycles. The Morgan fingerprint density at radius 1 is 1.25 bits per heavy atom. The minimum atomic E-state index is -0.645. The van der Waals surface area contributed by atoms with Crippen LogP contribution in [0, 0.1) is 5.92 Å². The zero-order chi connectivity index (χ0) is 17.2. The Bertz CT molecular complexity index is 567. The molecule has 1 amide bonds. The second-order valence-electron chi connectivity index (χ2n) is 7.55. The summed E-state index contributed by atoms with van der Waals surface area (Å²) in [4.78, 5) is 15.0. The number of amides is 1. The van der Waals surface area contributed by atoms with Crippen LogP contribution in [-0.2, 0) is 11.3 Å². The van der Waals surface area contributed by atoms with Crippen LogP contribution < -0.4 is 0 Å². The lowest BCUT2D eigenvalue weighted by atomic mass is 9.72. The fourth-order valence-electron chi connectivity index (χ4n) is 4.49. The lowest BCUT2D eigenvalue weighted by molar-refractivity contribution is -0.0577. The molecular weight excluding hydrogens is 302 g/mol. The monoisotopic (exact) mass is 331 g/mol. The Hall–Kier alpha value is -1.39. The molecule has 132 valence electrons. The highest BCUT2D eigenvalue weighted by molar-refractivity contribution is 5.94. The number of benzene rings is 1. The van der Waals surface area contributed by atoms with Crippen molar-refractivity contribution in [3.8, 4) is 0 Å². The second-order valence-corrected chi connectivity index (χ2v) is 7.55. The van der Waals surface area contributed by atoms with E-state index in [1.807, 2.05) is 36.1 Å². The van der Waals surface area contributed by atoms with E-state index in [1.54, 1.807) is 7.11 Å². The van der Waals surface area contributed by atoms with Gasteiger partial charge in [0.2, 0.25) is 0 Å². The van der Waals surface area contributed by atoms with Crippen LogP contribution in [0.15, 0.2) is 24.3 Å². The van der Waals surface area contributed by atoms with Gasteiger partial charge in [-0.05, 0) is 50.3 Å². The number of rotatable bonds is 4. The zero-order valence-electron chi connectivity index (χ0n) is 14.8. The van der Waals surface area contributed by atoms with Crippen LogP contribution in [0.4, 0.5) is 0 Å². The number of methoxy groups -OCH3 is 1. The standard InChI is InChI=1S/C20H29NO3/c1-20(23)12-4-3-6-17(20)18-7-5-13-21(18)19(22)16-10-8-15(9-11-16)14-24-2/h8-11,17-18,23H,3-7,12-14H2,1-2H3/t17-,18+,20+/m0/s1. The maximum Gasteiger partial charge on any atom is 0.254 e. The van der Waals surface area contributed by atoms with Crippen molar-refractivity contribution in [3.63, 3.8) is 0 Å². The first-order valence-electron chi connectivity index (χ1n) is 9.14. The molecule has 0 spiro atoms. The average molecular weight is 331 g/mol. The molecule has 2 aliphatic rings. The van der Waals surface area contributed by atoms with Crippen molar-refractivity contribution in [2.45, 2.75) is 63.7 Å². The Balaban J connectivity index is 1.75. The highest BCUT2D eigenvalue weighted by atomic mass is 16.5. The molecular formula is C20H29NO3. The van der Waals surface area contributed by atoms with E-state index in [1.165, 1.54) is 0 Å². The smallest absolute Gasteiger partial charge is 0.254 e. The predicted molar refractivity (Wildman–Crippen MR) is 93.8 cm³/mol. The van der Waals surface area contributed by atoms with Gasteiger partial charge in [0.1, 0.15) is 0 Å². The van der Waals surface area contributed by atoms with Gasteiger partial charge in [0.25, 0.3) is 5.91 Å². The first kappa shape index (κ1) is 17.4. The molecule has 3 rings (SSSR count). The van der Waals surface area contributed by atoms with Gasteiger partial charge < -0.3 is 14.7 Å². The van der Waals surface area contributed by atoms with E-state index < -0.39 is 5.60 Å². The van der Waals surface area contributed by atoms with E-state index >= 15 is 0 Å². The highest BCUT2D eigenvalue weighted by Crippen LogP contribution is 2.41. The SMILES string of the molecule is COCc1ccc(C(=O)N2CCC[C@@H]2[C@@H]2CCCC[C@@]2(C)O)cc1. The topological polar surface area (TPSA) is 49.8 Å². The van der Waals surface area contributed by atoms with E-state index in [-0.39, 0.29) is 17.9 Å². The Morgan fingerprint density at radius 3 is 2.67 bits per heavy atom. The summed E-state index contributed by atoms with van der Waals surface area (Å²) < 4.78 is 5.12. The normalized spacial score (nSPS) is 30.5. The maximum absolute atomic E-state index is 13.0. The third-order valence-corrected chi connectivity index (χ3v) is 5.78. The summed E-state index contributed by atoms with van der Waals surface area (Å²) in [6.45, 7) is 3.32. The van der Waals surface area contributed by atoms with Crippen LogP contribution in [0.25, 0.3) is 0 Å². The number of ether oxygens (including phenoxy) is 1. The summed E-state index contributed by atoms with van der Waals surface area (Å²) in [6.07, 6.45) is 6.16. The molecule has 4 heteroatoms. The quantitative estimate of drug-likeness (QED) is 0.920. The Morgan fingerprint density at radius 2 is 2.00 bits per heavy atom. The molecule has 1 heterocycles. The molecule has 1 aromatic carbocycles. The van der Waals surface area contributed by atoms with Gasteiger partial charge in [0.05, 0.1) is 12.2 Å². The van der Waals surface area contributed by atoms with Crippen molar-refractivity contribution >= 4 is 5.91 Å². The van der Waals surface area contributed by atoms with E-state index in [2.05, 4.69) is 0 Å². The van der Waals surface area contributed by atoms with Gasteiger partial charge in [0.15, 0.2) is 0 Å². The van der Waals surface area contributed by atoms with Crippen LogP contribution in [0.3, 0.4) is 0 Å². The number of nitrogens with zero attached hydrogens (tertiary/aromatic N) is 1. The van der Waals surface area contributed by atoms with E-state index in [0.717, 1.165) is 56.2 Å². The molecule has 4 nitrogen and oxygen atoms in total. The molecule has 3 atom stereocenters. The predicted octanol–water partition coefficient (Wildman–Crippen LogP) is 3.38. The summed E-state index contributed by atoms with van der Waals surface area (Å²) >= 11 is 0. The summed E-state index contributed by atoms with van der Waals surface area (Å²) in [7, 11) is 1.67. The molecule has 0 radical (unpaired) electrons. The van der Waals surface area contributed by atoms with Gasteiger partial charge in [-0.25, -0.2) is 0 Å². The molecule has 1 aromatic rings. The van der Waals surface area contributed by atoms with Crippen LogP contribution in [-0.4, -0.2) is 41.2 Å². The van der Waals surface area contributed by atoms with E-state index in [4.69, 9.17) is 4.74 Å². The van der Waals surface area contributed by atoms with Crippen LogP contribution in [0.5, 0.6) is 0 Å². The van der Waals surface area contributed by atoms with E-state index in [9.17, 15) is 9.90 Å². The molecule has 1 saturated heterocycles. The minimum Gasteiger partial charge on any atom is -0.390 e. The highest BCUT2D eigenvalue weighted by Gasteiger charge is 2.44. The van der Waals surface area contributed by atoms with Crippen LogP contribution in [0.2, 0.25) is 0 Å². The van der Waals surface area contributed by atoms with Gasteiger partial charge in [-0.2, -0.15) is 0 Å². The molecule has 2 fully saturated rings. The molecule has 0 unspecified atom stereocenters. The summed E-state index contributed by atoms with van der Waals surface area (Å²) in [5, 5.41) is 10.8. The molecule has 0 aromatic heterocycles. The van der Waals surface area contributed by atoms with E-state index in [0.29, 0.717) is 6.61 Å². The van der Waals surface area contributed by atoms with Gasteiger partial charge in [-0.3, -0.25) is 4.79 Å². The second kappa shape index (κ2) is 7.24. The van der Waals surface area contributed by atoms with Gasteiger partial charge in [-0.1, -0.05) is 25.0 Å². The van der Waals surface area contributed by atoms with Crippen molar-refractivity contribution in [1.82, 2.24) is 4.90 Å². The zero-order valence-corrected chi connectivity index (χ0v) is 14.8.